The Balaban J connectivity index is 1.17. The van der Waals surface area contributed by atoms with Crippen molar-refractivity contribution in [2.75, 3.05) is 26.2 Å². The monoisotopic (exact) mass is 728 g/mol. The summed E-state index contributed by atoms with van der Waals surface area (Å²) in [5.41, 5.74) is -0.0743. The highest BCUT2D eigenvalue weighted by molar-refractivity contribution is 6.47. The lowest BCUT2D eigenvalue weighted by Gasteiger charge is -2.36. The van der Waals surface area contributed by atoms with Crippen molar-refractivity contribution in [1.29, 1.82) is 0 Å². The molecule has 0 radical (unpaired) electrons. The summed E-state index contributed by atoms with van der Waals surface area (Å²) in [6.07, 6.45) is 4.51. The van der Waals surface area contributed by atoms with Crippen LogP contribution in [0.1, 0.15) is 45.9 Å². The zero-order valence-electron chi connectivity index (χ0n) is 26.8. The minimum absolute atomic E-state index is 0.0341. The van der Waals surface area contributed by atoms with Crippen molar-refractivity contribution in [3.05, 3.63) is 81.6 Å². The van der Waals surface area contributed by atoms with Crippen LogP contribution in [0.3, 0.4) is 0 Å². The second kappa shape index (κ2) is 14.6. The second-order valence-electron chi connectivity index (χ2n) is 12.4. The highest BCUT2D eigenvalue weighted by Gasteiger charge is 2.43. The first kappa shape index (κ1) is 35.6. The predicted molar refractivity (Wildman–Crippen MR) is 175 cm³/mol. The van der Waals surface area contributed by atoms with E-state index in [1.165, 1.54) is 6.07 Å². The van der Waals surface area contributed by atoms with E-state index in [-0.39, 0.29) is 31.1 Å². The molecule has 2 saturated heterocycles. The number of phenols is 2. The van der Waals surface area contributed by atoms with Gasteiger partial charge in [-0.1, -0.05) is 17.7 Å². The first-order valence-corrected chi connectivity index (χ1v) is 16.3. The molecule has 4 heterocycles. The van der Waals surface area contributed by atoms with Gasteiger partial charge in [-0.2, -0.15) is 0 Å². The number of phenolic OH excluding ortho intramolecular Hbond substituents is 2. The predicted octanol–water partition coefficient (Wildman–Crippen LogP) is 2.42. The zero-order valence-corrected chi connectivity index (χ0v) is 27.5. The third-order valence-electron chi connectivity index (χ3n) is 9.23. The Labute approximate surface area is 294 Å². The molecule has 2 aromatic carbocycles. The minimum atomic E-state index is -1.90. The van der Waals surface area contributed by atoms with E-state index in [0.29, 0.717) is 32.0 Å². The van der Waals surface area contributed by atoms with Gasteiger partial charge in [-0.15, -0.1) is 0 Å². The van der Waals surface area contributed by atoms with Gasteiger partial charge in [-0.05, 0) is 54.7 Å². The van der Waals surface area contributed by atoms with Crippen LogP contribution in [-0.4, -0.2) is 109 Å². The van der Waals surface area contributed by atoms with E-state index in [1.54, 1.807) is 17.3 Å². The normalized spacial score (nSPS) is 18.6. The van der Waals surface area contributed by atoms with Crippen molar-refractivity contribution in [2.24, 2.45) is 0 Å². The van der Waals surface area contributed by atoms with E-state index in [0.717, 1.165) is 23.1 Å². The van der Waals surface area contributed by atoms with Gasteiger partial charge >= 0.3 is 25.1 Å². The number of nitrogens with zero attached hydrogens (tertiary/aromatic N) is 4. The Morgan fingerprint density at radius 2 is 1.75 bits per heavy atom. The molecule has 0 bridgehead atoms. The first-order chi connectivity index (χ1) is 24.3. The molecule has 19 heteroatoms. The van der Waals surface area contributed by atoms with Crippen LogP contribution in [0.25, 0.3) is 0 Å². The number of aromatic carboxylic acids is 1. The lowest BCUT2D eigenvalue weighted by atomic mass is 9.72. The van der Waals surface area contributed by atoms with Crippen molar-refractivity contribution in [2.45, 2.75) is 43.8 Å². The maximum absolute atomic E-state index is 14.6. The Bertz CT molecular complexity index is 1870. The number of pyridine rings is 1. The van der Waals surface area contributed by atoms with E-state index in [2.05, 4.69) is 20.5 Å². The van der Waals surface area contributed by atoms with Crippen LogP contribution in [0.5, 0.6) is 17.2 Å². The fourth-order valence-corrected chi connectivity index (χ4v) is 6.81. The summed E-state index contributed by atoms with van der Waals surface area (Å²) < 4.78 is 34.1. The van der Waals surface area contributed by atoms with Gasteiger partial charge in [0.2, 0.25) is 5.91 Å². The van der Waals surface area contributed by atoms with Crippen LogP contribution in [0.4, 0.5) is 18.4 Å². The molecule has 1 aromatic heterocycles. The number of hydrogen-bond donors (Lipinski definition) is 6. The molecule has 2 fully saturated rings. The third kappa shape index (κ3) is 7.20. The highest BCUT2D eigenvalue weighted by atomic mass is 35.5. The Morgan fingerprint density at radius 3 is 2.43 bits per heavy atom. The minimum Gasteiger partial charge on any atom is -0.534 e. The summed E-state index contributed by atoms with van der Waals surface area (Å²) in [6, 6.07) is 2.87. The molecule has 15 nitrogen and oxygen atoms in total. The van der Waals surface area contributed by atoms with E-state index in [1.807, 2.05) is 12.1 Å². The number of fused-ring (bicyclic) bond motifs is 1. The number of carboxylic acids is 1. The quantitative estimate of drug-likeness (QED) is 0.147. The average Bonchev–Trinajstić information content (AvgIpc) is 3.50. The number of rotatable bonds is 8. The lowest BCUT2D eigenvalue weighted by Crippen LogP contribution is -2.56. The number of carbonyl (C=O) groups is 4. The van der Waals surface area contributed by atoms with Gasteiger partial charge < -0.3 is 40.5 Å². The summed E-state index contributed by atoms with van der Waals surface area (Å²) in [4.78, 5) is 61.2. The van der Waals surface area contributed by atoms with Gasteiger partial charge in [-0.3, -0.25) is 14.7 Å². The van der Waals surface area contributed by atoms with Crippen molar-refractivity contribution in [3.63, 3.8) is 0 Å². The molecule has 6 rings (SSSR count). The van der Waals surface area contributed by atoms with Gasteiger partial charge in [0, 0.05) is 56.7 Å². The number of carbonyl (C=O) groups excluding carboxylic acids is 3. The van der Waals surface area contributed by atoms with Crippen molar-refractivity contribution >= 4 is 42.7 Å². The smallest absolute Gasteiger partial charge is 0.534 e. The van der Waals surface area contributed by atoms with Gasteiger partial charge in [0.1, 0.15) is 23.2 Å². The number of piperidine rings is 1. The number of urea groups is 2. The molecule has 0 aliphatic carbocycles. The van der Waals surface area contributed by atoms with E-state index >= 15 is 0 Å². The van der Waals surface area contributed by atoms with Crippen molar-refractivity contribution in [3.8, 4) is 17.2 Å². The van der Waals surface area contributed by atoms with Gasteiger partial charge in [0.15, 0.2) is 17.3 Å². The van der Waals surface area contributed by atoms with E-state index in [4.69, 9.17) is 16.3 Å². The third-order valence-corrected chi connectivity index (χ3v) is 9.62. The van der Waals surface area contributed by atoms with Gasteiger partial charge in [-0.25, -0.2) is 28.1 Å². The Kier molecular flexibility index (Phi) is 10.2. The number of hydrogen-bond acceptors (Lipinski definition) is 10. The summed E-state index contributed by atoms with van der Waals surface area (Å²) in [7, 11) is -1.90. The Morgan fingerprint density at radius 1 is 1.04 bits per heavy atom. The van der Waals surface area contributed by atoms with Gasteiger partial charge in [0.05, 0.1) is 11.0 Å². The summed E-state index contributed by atoms with van der Waals surface area (Å²) in [6.45, 7) is 2.35. The standard InChI is InChI=1S/C32H32BClF2N6O9/c34-24-19(14-21(36)26(43)27(24)44)25(29(45)38-22-13-17-1-2-20(35)23(30(46)47)28(17)51-33(22)50)39-31(48)42-12-11-41(32(42)49)18-5-9-40(10-6-18)15-16-3-7-37-8-4-16/h1-4,7-8,14,18,22,25,43-44,50H,5-6,9-13,15H2,(H,38,45)(H,39,48)(H,46,47)/t22-,25+/m0/s1. The topological polar surface area (TPSA) is 205 Å². The number of aromatic nitrogens is 1. The lowest BCUT2D eigenvalue weighted by molar-refractivity contribution is -0.123. The van der Waals surface area contributed by atoms with Crippen LogP contribution in [0, 0.1) is 11.6 Å². The molecule has 2 atom stereocenters. The average molecular weight is 729 g/mol. The number of halogens is 3. The molecule has 3 aliphatic rings. The zero-order chi connectivity index (χ0) is 36.6. The number of imide groups is 1. The molecule has 0 unspecified atom stereocenters. The Hall–Kier alpha value is -5.20. The number of aromatic hydroxyl groups is 2. The molecule has 3 aliphatic heterocycles. The summed E-state index contributed by atoms with van der Waals surface area (Å²) in [5.74, 6) is -9.31. The number of nitrogens with one attached hydrogen (secondary N) is 2. The summed E-state index contributed by atoms with van der Waals surface area (Å²) in [5, 5.41) is 44.3. The molecule has 0 spiro atoms. The highest BCUT2D eigenvalue weighted by Crippen LogP contribution is 2.41. The van der Waals surface area contributed by atoms with Gasteiger partial charge in [0.25, 0.3) is 0 Å². The molecule has 0 saturated carbocycles. The van der Waals surface area contributed by atoms with E-state index < -0.39 is 88.1 Å². The van der Waals surface area contributed by atoms with Crippen LogP contribution >= 0.6 is 11.6 Å². The van der Waals surface area contributed by atoms with Crippen LogP contribution < -0.4 is 15.3 Å². The van der Waals surface area contributed by atoms with Crippen molar-refractivity contribution in [1.82, 2.24) is 30.3 Å². The number of carboxylic acid groups (broad SMARTS) is 1. The second-order valence-corrected chi connectivity index (χ2v) is 12.8. The molecule has 5 amide bonds. The molecule has 268 valence electrons. The SMILES string of the molecule is O=C(O)c1c(F)ccc2c1OB(O)[C@@H](NC(=O)[C@H](NC(=O)N1CCN(C3CCN(Cc4ccncc4)CC3)C1=O)c1cc(F)c(O)c(O)c1Cl)C2. The molecule has 51 heavy (non-hydrogen) atoms. The maximum Gasteiger partial charge on any atom is 0.547 e. The van der Waals surface area contributed by atoms with E-state index in [9.17, 15) is 48.3 Å². The van der Waals surface area contributed by atoms with Crippen LogP contribution in [0.15, 0.2) is 42.7 Å². The largest absolute Gasteiger partial charge is 0.547 e. The van der Waals surface area contributed by atoms with Crippen LogP contribution in [-0.2, 0) is 17.8 Å². The number of likely N-dealkylation sites (tertiary alicyclic amines) is 1. The number of benzene rings is 2. The van der Waals surface area contributed by atoms with Crippen LogP contribution in [0.2, 0.25) is 5.02 Å². The molecule has 6 N–H and O–H groups in total. The molecular formula is C32H32BClF2N6O9. The molecule has 3 aromatic rings. The fraction of sp³-hybridized carbons (Fsp3) is 0.344. The fourth-order valence-electron chi connectivity index (χ4n) is 6.56. The summed E-state index contributed by atoms with van der Waals surface area (Å²) >= 11 is 6.20. The molecular weight excluding hydrogens is 697 g/mol. The number of amides is 5. The van der Waals surface area contributed by atoms with Crippen molar-refractivity contribution < 1.29 is 53.0 Å². The first-order valence-electron chi connectivity index (χ1n) is 15.9. The maximum atomic E-state index is 14.6.